The van der Waals surface area contributed by atoms with Crippen LogP contribution in [0.2, 0.25) is 0 Å². The first-order chi connectivity index (χ1) is 19.3. The van der Waals surface area contributed by atoms with Gasteiger partial charge >= 0.3 is 0 Å². The van der Waals surface area contributed by atoms with Crippen molar-refractivity contribution in [1.29, 1.82) is 0 Å². The number of aryl methyl sites for hydroxylation is 2. The Kier molecular flexibility index (Phi) is 8.99. The Morgan fingerprint density at radius 3 is 2.00 bits per heavy atom. The van der Waals surface area contributed by atoms with Gasteiger partial charge in [-0.1, -0.05) is 12.1 Å². The molecule has 0 aromatic heterocycles. The highest BCUT2D eigenvalue weighted by Crippen LogP contribution is 2.46. The Hall–Kier alpha value is -4.05. The number of nitrogens with one attached hydrogen (secondary N) is 1. The number of ether oxygens (including phenoxy) is 5. The molecule has 2 amide bonds. The number of amides is 2. The molecule has 0 radical (unpaired) electrons. The first-order valence-electron chi connectivity index (χ1n) is 12.6. The Labute approximate surface area is 238 Å². The molecular formula is C30H34N2O7S. The molecule has 1 aliphatic rings. The molecule has 3 aromatic carbocycles. The average molecular weight is 567 g/mol. The lowest BCUT2D eigenvalue weighted by Crippen LogP contribution is -2.45. The van der Waals surface area contributed by atoms with Crippen LogP contribution in [0.4, 0.5) is 5.69 Å². The molecule has 9 nitrogen and oxygen atoms in total. The van der Waals surface area contributed by atoms with Gasteiger partial charge in [-0.25, -0.2) is 0 Å². The molecule has 40 heavy (non-hydrogen) atoms. The minimum atomic E-state index is -0.753. The number of hydrogen-bond acceptors (Lipinski definition) is 8. The molecule has 2 atom stereocenters. The zero-order valence-electron chi connectivity index (χ0n) is 23.7. The topological polar surface area (TPSA) is 95.6 Å². The molecular weight excluding hydrogens is 532 g/mol. The molecule has 0 aliphatic carbocycles. The lowest BCUT2D eigenvalue weighted by molar-refractivity contribution is -0.119. The molecule has 212 valence electrons. The number of hydrogen-bond donors (Lipinski definition) is 1. The zero-order valence-corrected chi connectivity index (χ0v) is 24.5. The number of carbonyl (C=O) groups is 2. The number of carbonyl (C=O) groups excluding carboxylic acids is 2. The van der Waals surface area contributed by atoms with Gasteiger partial charge in [-0.3, -0.25) is 9.59 Å². The largest absolute Gasteiger partial charge is 0.493 e. The van der Waals surface area contributed by atoms with E-state index in [1.165, 1.54) is 33.1 Å². The molecule has 1 heterocycles. The maximum absolute atomic E-state index is 14.2. The smallest absolute Gasteiger partial charge is 0.256 e. The standard InChI is InChI=1S/C30H34N2O7S/c1-17-8-10-21(12-18(17)2)31-28(33)22-16-40-30(19-9-11-23(35-3)24(13-19)36-4)32(22)29(34)20-14-25(37-5)27(39-7)26(15-20)38-6/h8-15,22,30H,16H2,1-7H3,(H,31,33). The van der Waals surface area contributed by atoms with Crippen molar-refractivity contribution in [1.82, 2.24) is 4.90 Å². The van der Waals surface area contributed by atoms with E-state index in [-0.39, 0.29) is 11.8 Å². The summed E-state index contributed by atoms with van der Waals surface area (Å²) in [4.78, 5) is 29.5. The molecule has 0 saturated carbocycles. The highest BCUT2D eigenvalue weighted by atomic mass is 32.2. The van der Waals surface area contributed by atoms with Crippen LogP contribution in [0, 0.1) is 13.8 Å². The molecule has 0 bridgehead atoms. The van der Waals surface area contributed by atoms with Crippen molar-refractivity contribution in [3.05, 3.63) is 70.8 Å². The van der Waals surface area contributed by atoms with Crippen LogP contribution in [-0.4, -0.2) is 64.1 Å². The molecule has 3 aromatic rings. The Morgan fingerprint density at radius 2 is 1.43 bits per heavy atom. The molecule has 1 N–H and O–H groups in total. The van der Waals surface area contributed by atoms with Gasteiger partial charge in [0.05, 0.1) is 35.5 Å². The van der Waals surface area contributed by atoms with Crippen LogP contribution in [0.3, 0.4) is 0 Å². The maximum atomic E-state index is 14.2. The van der Waals surface area contributed by atoms with Crippen molar-refractivity contribution >= 4 is 29.3 Å². The Morgan fingerprint density at radius 1 is 0.775 bits per heavy atom. The first kappa shape index (κ1) is 28.9. The minimum absolute atomic E-state index is 0.278. The zero-order chi connectivity index (χ0) is 29.0. The predicted molar refractivity (Wildman–Crippen MR) is 155 cm³/mol. The number of thioether (sulfide) groups is 1. The van der Waals surface area contributed by atoms with Crippen molar-refractivity contribution in [2.75, 3.05) is 46.6 Å². The summed E-state index contributed by atoms with van der Waals surface area (Å²) in [5, 5.41) is 2.53. The van der Waals surface area contributed by atoms with Gasteiger partial charge in [-0.05, 0) is 66.9 Å². The molecule has 10 heteroatoms. The van der Waals surface area contributed by atoms with Crippen LogP contribution >= 0.6 is 11.8 Å². The van der Waals surface area contributed by atoms with Crippen molar-refractivity contribution < 1.29 is 33.3 Å². The fourth-order valence-electron chi connectivity index (χ4n) is 4.62. The van der Waals surface area contributed by atoms with E-state index < -0.39 is 11.4 Å². The predicted octanol–water partition coefficient (Wildman–Crippen LogP) is 5.24. The van der Waals surface area contributed by atoms with Crippen LogP contribution in [0.25, 0.3) is 0 Å². The minimum Gasteiger partial charge on any atom is -0.493 e. The lowest BCUT2D eigenvalue weighted by atomic mass is 10.1. The van der Waals surface area contributed by atoms with E-state index in [9.17, 15) is 9.59 Å². The van der Waals surface area contributed by atoms with E-state index >= 15 is 0 Å². The van der Waals surface area contributed by atoms with Crippen molar-refractivity contribution in [2.24, 2.45) is 0 Å². The number of nitrogens with zero attached hydrogens (tertiary/aromatic N) is 1. The second kappa shape index (κ2) is 12.4. The van der Waals surface area contributed by atoms with E-state index in [4.69, 9.17) is 23.7 Å². The van der Waals surface area contributed by atoms with Gasteiger partial charge in [0.25, 0.3) is 5.91 Å². The summed E-state index contributed by atoms with van der Waals surface area (Å²) in [7, 11) is 7.60. The van der Waals surface area contributed by atoms with Crippen LogP contribution in [0.1, 0.15) is 32.4 Å². The molecule has 1 aliphatic heterocycles. The fraction of sp³-hybridized carbons (Fsp3) is 0.333. The van der Waals surface area contributed by atoms with E-state index in [1.54, 1.807) is 37.3 Å². The number of methoxy groups -OCH3 is 5. The Bertz CT molecular complexity index is 1390. The number of benzene rings is 3. The number of rotatable bonds is 9. The van der Waals surface area contributed by atoms with Gasteiger partial charge < -0.3 is 33.9 Å². The summed E-state index contributed by atoms with van der Waals surface area (Å²) in [6, 6.07) is 13.7. The molecule has 4 rings (SSSR count). The quantitative estimate of drug-likeness (QED) is 0.376. The second-order valence-electron chi connectivity index (χ2n) is 9.23. The third-order valence-electron chi connectivity index (χ3n) is 6.92. The van der Waals surface area contributed by atoms with Gasteiger partial charge in [-0.15, -0.1) is 11.8 Å². The highest BCUT2D eigenvalue weighted by molar-refractivity contribution is 7.99. The van der Waals surface area contributed by atoms with E-state index in [2.05, 4.69) is 5.32 Å². The summed E-state index contributed by atoms with van der Waals surface area (Å²) in [6.45, 7) is 4.00. The SMILES string of the molecule is COc1ccc(C2SCC(C(=O)Nc3ccc(C)c(C)c3)N2C(=O)c2cc(OC)c(OC)c(OC)c2)cc1OC. The normalized spacial score (nSPS) is 16.3. The monoisotopic (exact) mass is 566 g/mol. The van der Waals surface area contributed by atoms with E-state index in [0.717, 1.165) is 16.7 Å². The molecule has 2 unspecified atom stereocenters. The van der Waals surface area contributed by atoms with Crippen LogP contribution in [-0.2, 0) is 4.79 Å². The molecule has 1 saturated heterocycles. The van der Waals surface area contributed by atoms with Gasteiger partial charge in [0.2, 0.25) is 11.7 Å². The summed E-state index contributed by atoms with van der Waals surface area (Å²) in [6.07, 6.45) is 0. The summed E-state index contributed by atoms with van der Waals surface area (Å²) < 4.78 is 27.3. The first-order valence-corrected chi connectivity index (χ1v) is 13.6. The summed E-state index contributed by atoms with van der Waals surface area (Å²) in [5.74, 6) is 1.92. The highest BCUT2D eigenvalue weighted by Gasteiger charge is 2.43. The molecule has 0 spiro atoms. The average Bonchev–Trinajstić information content (AvgIpc) is 3.42. The third-order valence-corrected chi connectivity index (χ3v) is 8.24. The third kappa shape index (κ3) is 5.62. The van der Waals surface area contributed by atoms with Crippen molar-refractivity contribution in [2.45, 2.75) is 25.3 Å². The second-order valence-corrected chi connectivity index (χ2v) is 10.3. The van der Waals surface area contributed by atoms with Crippen LogP contribution in [0.15, 0.2) is 48.5 Å². The summed E-state index contributed by atoms with van der Waals surface area (Å²) >= 11 is 1.50. The van der Waals surface area contributed by atoms with E-state index in [0.29, 0.717) is 45.8 Å². The lowest BCUT2D eigenvalue weighted by Gasteiger charge is -2.30. The number of anilines is 1. The van der Waals surface area contributed by atoms with Gasteiger partial charge in [0, 0.05) is 17.0 Å². The van der Waals surface area contributed by atoms with Gasteiger partial charge in [0.15, 0.2) is 23.0 Å². The Balaban J connectivity index is 1.77. The van der Waals surface area contributed by atoms with Crippen LogP contribution < -0.4 is 29.0 Å². The van der Waals surface area contributed by atoms with Gasteiger partial charge in [-0.2, -0.15) is 0 Å². The molecule has 1 fully saturated rings. The fourth-order valence-corrected chi connectivity index (χ4v) is 6.04. The maximum Gasteiger partial charge on any atom is 0.256 e. The van der Waals surface area contributed by atoms with E-state index in [1.807, 2.05) is 44.2 Å². The van der Waals surface area contributed by atoms with Crippen molar-refractivity contribution in [3.63, 3.8) is 0 Å². The van der Waals surface area contributed by atoms with Gasteiger partial charge in [0.1, 0.15) is 11.4 Å². The van der Waals surface area contributed by atoms with Crippen LogP contribution in [0.5, 0.6) is 28.7 Å². The summed E-state index contributed by atoms with van der Waals surface area (Å²) in [5.41, 5.74) is 3.96. The van der Waals surface area contributed by atoms with Crippen molar-refractivity contribution in [3.8, 4) is 28.7 Å².